The van der Waals surface area contributed by atoms with Crippen LogP contribution in [0.25, 0.3) is 0 Å². The van der Waals surface area contributed by atoms with Gasteiger partial charge in [-0.15, -0.1) is 11.8 Å². The summed E-state index contributed by atoms with van der Waals surface area (Å²) >= 11 is 1.64. The van der Waals surface area contributed by atoms with Crippen LogP contribution in [0.3, 0.4) is 0 Å². The number of hydrogen-bond donors (Lipinski definition) is 1. The van der Waals surface area contributed by atoms with Gasteiger partial charge in [0.2, 0.25) is 5.91 Å². The Morgan fingerprint density at radius 3 is 2.45 bits per heavy atom. The number of nitrogens with zero attached hydrogens (tertiary/aromatic N) is 1. The zero-order valence-electron chi connectivity index (χ0n) is 12.7. The van der Waals surface area contributed by atoms with E-state index in [1.54, 1.807) is 16.7 Å². The molecule has 0 aliphatic carbocycles. The number of carboxylic acids is 1. The highest BCUT2D eigenvalue weighted by Gasteiger charge is 2.25. The lowest BCUT2D eigenvalue weighted by molar-refractivity contribution is -0.147. The number of rotatable bonds is 6. The minimum Gasteiger partial charge on any atom is -0.481 e. The lowest BCUT2D eigenvalue weighted by Gasteiger charge is -2.27. The maximum absolute atomic E-state index is 12.2. The molecule has 1 saturated heterocycles. The molecule has 6 heteroatoms. The van der Waals surface area contributed by atoms with Crippen molar-refractivity contribution in [1.29, 1.82) is 0 Å². The van der Waals surface area contributed by atoms with Gasteiger partial charge in [-0.2, -0.15) is 0 Å². The van der Waals surface area contributed by atoms with E-state index in [1.165, 1.54) is 0 Å². The molecule has 0 bridgehead atoms. The fourth-order valence-electron chi connectivity index (χ4n) is 2.45. The predicted molar refractivity (Wildman–Crippen MR) is 85.1 cm³/mol. The minimum absolute atomic E-state index is 0.0413. The van der Waals surface area contributed by atoms with Crippen LogP contribution in [-0.4, -0.2) is 54.4 Å². The molecule has 1 N–H and O–H groups in total. The van der Waals surface area contributed by atoms with Crippen molar-refractivity contribution in [2.75, 3.05) is 32.6 Å². The SMILES string of the molecule is CSc1ccc(CC(CC(=O)N2CCOCC2)C(=O)O)cc1. The third-order valence-electron chi connectivity index (χ3n) is 3.78. The molecule has 0 radical (unpaired) electrons. The Hall–Kier alpha value is -1.53. The zero-order valence-corrected chi connectivity index (χ0v) is 13.5. The first kappa shape index (κ1) is 16.8. The molecular formula is C16H21NO4S. The van der Waals surface area contributed by atoms with E-state index < -0.39 is 11.9 Å². The fraction of sp³-hybridized carbons (Fsp3) is 0.500. The van der Waals surface area contributed by atoms with Gasteiger partial charge in [-0.1, -0.05) is 12.1 Å². The quantitative estimate of drug-likeness (QED) is 0.810. The van der Waals surface area contributed by atoms with Crippen LogP contribution in [0.15, 0.2) is 29.2 Å². The standard InChI is InChI=1S/C16H21NO4S/c1-22-14-4-2-12(3-5-14)10-13(16(19)20)11-15(18)17-6-8-21-9-7-17/h2-5,13H,6-11H2,1H3,(H,19,20). The Morgan fingerprint density at radius 1 is 1.27 bits per heavy atom. The predicted octanol–water partition coefficient (Wildman–Crippen LogP) is 1.90. The van der Waals surface area contributed by atoms with Crippen molar-refractivity contribution in [3.05, 3.63) is 29.8 Å². The van der Waals surface area contributed by atoms with E-state index in [9.17, 15) is 14.7 Å². The van der Waals surface area contributed by atoms with Gasteiger partial charge < -0.3 is 14.7 Å². The Labute approximate surface area is 134 Å². The monoisotopic (exact) mass is 323 g/mol. The number of morpholine rings is 1. The Kier molecular flexibility index (Phi) is 6.27. The van der Waals surface area contributed by atoms with E-state index in [-0.39, 0.29) is 12.3 Å². The highest BCUT2D eigenvalue weighted by Crippen LogP contribution is 2.19. The number of hydrogen-bond acceptors (Lipinski definition) is 4. The number of benzene rings is 1. The molecule has 1 unspecified atom stereocenters. The van der Waals surface area contributed by atoms with Crippen molar-refractivity contribution in [2.45, 2.75) is 17.7 Å². The average molecular weight is 323 g/mol. The van der Waals surface area contributed by atoms with E-state index in [2.05, 4.69) is 0 Å². The fourth-order valence-corrected chi connectivity index (χ4v) is 2.85. The van der Waals surface area contributed by atoms with Crippen LogP contribution in [0.1, 0.15) is 12.0 Å². The van der Waals surface area contributed by atoms with Crippen LogP contribution in [0.4, 0.5) is 0 Å². The molecule has 1 amide bonds. The van der Waals surface area contributed by atoms with Crippen LogP contribution >= 0.6 is 11.8 Å². The molecule has 1 aromatic rings. The normalized spacial score (nSPS) is 16.3. The van der Waals surface area contributed by atoms with Gasteiger partial charge in [-0.05, 0) is 30.4 Å². The van der Waals surface area contributed by atoms with Crippen LogP contribution in [0.2, 0.25) is 0 Å². The van der Waals surface area contributed by atoms with Crippen LogP contribution in [-0.2, 0) is 20.7 Å². The van der Waals surface area contributed by atoms with Gasteiger partial charge >= 0.3 is 5.97 Å². The second kappa shape index (κ2) is 8.19. The summed E-state index contributed by atoms with van der Waals surface area (Å²) in [6.07, 6.45) is 2.41. The molecule has 1 heterocycles. The van der Waals surface area contributed by atoms with Gasteiger partial charge in [0.25, 0.3) is 0 Å². The lowest BCUT2D eigenvalue weighted by atomic mass is 9.95. The molecule has 1 fully saturated rings. The third kappa shape index (κ3) is 4.74. The topological polar surface area (TPSA) is 66.8 Å². The number of carbonyl (C=O) groups is 2. The molecule has 0 saturated carbocycles. The molecule has 0 spiro atoms. The maximum Gasteiger partial charge on any atom is 0.307 e. The summed E-state index contributed by atoms with van der Waals surface area (Å²) < 4.78 is 5.21. The van der Waals surface area contributed by atoms with Gasteiger partial charge in [-0.3, -0.25) is 9.59 Å². The molecular weight excluding hydrogens is 302 g/mol. The average Bonchev–Trinajstić information content (AvgIpc) is 2.55. The van der Waals surface area contributed by atoms with E-state index >= 15 is 0 Å². The summed E-state index contributed by atoms with van der Waals surface area (Å²) in [5.74, 6) is -1.71. The second-order valence-corrected chi connectivity index (χ2v) is 6.16. The van der Waals surface area contributed by atoms with E-state index in [4.69, 9.17) is 4.74 Å². The summed E-state index contributed by atoms with van der Waals surface area (Å²) in [4.78, 5) is 26.5. The number of carboxylic acid groups (broad SMARTS) is 1. The summed E-state index contributed by atoms with van der Waals surface area (Å²) in [6.45, 7) is 2.15. The van der Waals surface area contributed by atoms with E-state index in [0.29, 0.717) is 32.7 Å². The van der Waals surface area contributed by atoms with Gasteiger partial charge in [0.05, 0.1) is 19.1 Å². The van der Waals surface area contributed by atoms with Gasteiger partial charge in [0, 0.05) is 24.4 Å². The van der Waals surface area contributed by atoms with Gasteiger partial charge in [0.15, 0.2) is 0 Å². The first-order valence-corrected chi connectivity index (χ1v) is 8.54. The summed E-state index contributed by atoms with van der Waals surface area (Å²) in [5.41, 5.74) is 0.944. The Bertz CT molecular complexity index is 511. The van der Waals surface area contributed by atoms with Crippen molar-refractivity contribution in [3.63, 3.8) is 0 Å². The summed E-state index contributed by atoms with van der Waals surface area (Å²) in [5, 5.41) is 9.38. The van der Waals surface area contributed by atoms with Crippen LogP contribution in [0.5, 0.6) is 0 Å². The molecule has 0 aromatic heterocycles. The van der Waals surface area contributed by atoms with Crippen molar-refractivity contribution in [1.82, 2.24) is 4.90 Å². The highest BCUT2D eigenvalue weighted by molar-refractivity contribution is 7.98. The number of aliphatic carboxylic acids is 1. The molecule has 1 aliphatic rings. The van der Waals surface area contributed by atoms with Crippen molar-refractivity contribution >= 4 is 23.6 Å². The lowest BCUT2D eigenvalue weighted by Crippen LogP contribution is -2.42. The Morgan fingerprint density at radius 2 is 1.91 bits per heavy atom. The number of thioether (sulfide) groups is 1. The van der Waals surface area contributed by atoms with Crippen LogP contribution in [0, 0.1) is 5.92 Å². The molecule has 1 aliphatic heterocycles. The Balaban J connectivity index is 1.96. The maximum atomic E-state index is 12.2. The number of ether oxygens (including phenoxy) is 1. The van der Waals surface area contributed by atoms with E-state index in [1.807, 2.05) is 30.5 Å². The molecule has 120 valence electrons. The molecule has 2 rings (SSSR count). The van der Waals surface area contributed by atoms with Gasteiger partial charge in [-0.25, -0.2) is 0 Å². The van der Waals surface area contributed by atoms with Crippen LogP contribution < -0.4 is 0 Å². The molecule has 5 nitrogen and oxygen atoms in total. The first-order valence-electron chi connectivity index (χ1n) is 7.31. The molecule has 1 aromatic carbocycles. The van der Waals surface area contributed by atoms with Gasteiger partial charge in [0.1, 0.15) is 0 Å². The third-order valence-corrected chi connectivity index (χ3v) is 4.52. The van der Waals surface area contributed by atoms with Crippen molar-refractivity contribution < 1.29 is 19.4 Å². The molecule has 22 heavy (non-hydrogen) atoms. The zero-order chi connectivity index (χ0) is 15.9. The summed E-state index contributed by atoms with van der Waals surface area (Å²) in [6, 6.07) is 7.81. The largest absolute Gasteiger partial charge is 0.481 e. The first-order chi connectivity index (χ1) is 10.6. The number of amides is 1. The minimum atomic E-state index is -0.921. The van der Waals surface area contributed by atoms with Crippen molar-refractivity contribution in [2.24, 2.45) is 5.92 Å². The summed E-state index contributed by atoms with van der Waals surface area (Å²) in [7, 11) is 0. The molecule has 1 atom stereocenters. The highest BCUT2D eigenvalue weighted by atomic mass is 32.2. The van der Waals surface area contributed by atoms with Crippen molar-refractivity contribution in [3.8, 4) is 0 Å². The smallest absolute Gasteiger partial charge is 0.307 e. The van der Waals surface area contributed by atoms with E-state index in [0.717, 1.165) is 10.5 Å². The number of carbonyl (C=O) groups excluding carboxylic acids is 1. The second-order valence-electron chi connectivity index (χ2n) is 5.28.